The maximum absolute atomic E-state index is 13.3. The minimum Gasteiger partial charge on any atom is -0.361 e. The minimum absolute atomic E-state index is 0.0577. The molecule has 1 spiro atoms. The summed E-state index contributed by atoms with van der Waals surface area (Å²) in [5.74, 6) is -0.735. The number of nitrogens with one attached hydrogen (secondary N) is 2. The number of rotatable bonds is 5. The standard InChI is InChI=1S/C24H27N3O3/c28-22(25-12-10-15-13-26-18-8-4-3-7-17(15)18)20-19-9-11-24(30-19)14-27(23(29)21(20)24)16-5-1-2-6-16/h3-4,7-9,11,13,16,19-21,26H,1-2,5-6,10,12,14H2,(H,25,28)/t19-,20+,21+,24-/m1/s1. The van der Waals surface area contributed by atoms with Crippen LogP contribution in [0.2, 0.25) is 0 Å². The first-order valence-electron chi connectivity index (χ1n) is 11.2. The maximum atomic E-state index is 13.3. The summed E-state index contributed by atoms with van der Waals surface area (Å²) < 4.78 is 6.25. The van der Waals surface area contributed by atoms with E-state index in [0.717, 1.165) is 24.8 Å². The predicted molar refractivity (Wildman–Crippen MR) is 113 cm³/mol. The zero-order chi connectivity index (χ0) is 20.3. The van der Waals surface area contributed by atoms with E-state index >= 15 is 0 Å². The van der Waals surface area contributed by atoms with Gasteiger partial charge in [-0.05, 0) is 30.9 Å². The Bertz CT molecular complexity index is 1040. The first-order valence-corrected chi connectivity index (χ1v) is 11.2. The molecule has 6 heteroatoms. The average Bonchev–Trinajstić information content (AvgIpc) is 3.56. The van der Waals surface area contributed by atoms with Crippen LogP contribution in [0.15, 0.2) is 42.6 Å². The van der Waals surface area contributed by atoms with Crippen molar-refractivity contribution in [1.29, 1.82) is 0 Å². The molecular formula is C24H27N3O3. The summed E-state index contributed by atoms with van der Waals surface area (Å²) in [6.07, 6.45) is 11.0. The van der Waals surface area contributed by atoms with E-state index in [-0.39, 0.29) is 23.8 Å². The van der Waals surface area contributed by atoms with Gasteiger partial charge in [0.05, 0.1) is 24.5 Å². The van der Waals surface area contributed by atoms with E-state index in [2.05, 4.69) is 22.4 Å². The SMILES string of the molecule is O=C(NCCc1c[nH]c2ccccc12)[C@@H]1[C@H]2C(=O)N(C3CCCC3)C[C@]23C=C[C@H]1O3. The molecule has 0 radical (unpaired) electrons. The first-order chi connectivity index (χ1) is 14.7. The fourth-order valence-electron chi connectivity index (χ4n) is 6.13. The van der Waals surface area contributed by atoms with Gasteiger partial charge in [-0.3, -0.25) is 9.59 Å². The molecule has 1 aliphatic carbocycles. The molecule has 6 nitrogen and oxygen atoms in total. The Morgan fingerprint density at radius 3 is 2.97 bits per heavy atom. The lowest BCUT2D eigenvalue weighted by Crippen LogP contribution is -2.45. The molecule has 3 fully saturated rings. The largest absolute Gasteiger partial charge is 0.361 e. The van der Waals surface area contributed by atoms with Crippen molar-refractivity contribution in [3.05, 3.63) is 48.2 Å². The van der Waals surface area contributed by atoms with E-state index in [4.69, 9.17) is 4.74 Å². The normalized spacial score (nSPS) is 32.5. The quantitative estimate of drug-likeness (QED) is 0.751. The second-order valence-electron chi connectivity index (χ2n) is 9.20. The Kier molecular flexibility index (Phi) is 4.07. The van der Waals surface area contributed by atoms with Crippen molar-refractivity contribution in [2.75, 3.05) is 13.1 Å². The van der Waals surface area contributed by atoms with E-state index in [1.54, 1.807) is 0 Å². The third-order valence-electron chi connectivity index (χ3n) is 7.57. The number of fused-ring (bicyclic) bond motifs is 2. The molecule has 4 atom stereocenters. The molecule has 156 valence electrons. The first kappa shape index (κ1) is 18.2. The molecule has 0 unspecified atom stereocenters. The monoisotopic (exact) mass is 405 g/mol. The number of likely N-dealkylation sites (tertiary alicyclic amines) is 1. The molecule has 30 heavy (non-hydrogen) atoms. The van der Waals surface area contributed by atoms with E-state index in [9.17, 15) is 9.59 Å². The Labute approximate surface area is 175 Å². The summed E-state index contributed by atoms with van der Waals surface area (Å²) in [5.41, 5.74) is 1.70. The van der Waals surface area contributed by atoms with Crippen molar-refractivity contribution >= 4 is 22.7 Å². The summed E-state index contributed by atoms with van der Waals surface area (Å²) in [7, 11) is 0. The number of ether oxygens (including phenoxy) is 1. The Balaban J connectivity index is 1.15. The predicted octanol–water partition coefficient (Wildman–Crippen LogP) is 2.55. The van der Waals surface area contributed by atoms with Crippen LogP contribution >= 0.6 is 0 Å². The number of para-hydroxylation sites is 1. The van der Waals surface area contributed by atoms with Crippen molar-refractivity contribution in [3.8, 4) is 0 Å². The Hall–Kier alpha value is -2.60. The summed E-state index contributed by atoms with van der Waals surface area (Å²) in [6.45, 7) is 1.15. The van der Waals surface area contributed by atoms with Crippen LogP contribution in [-0.2, 0) is 20.7 Å². The molecule has 3 aliphatic heterocycles. The molecule has 1 aromatic carbocycles. The third kappa shape index (κ3) is 2.59. The molecule has 1 aromatic heterocycles. The van der Waals surface area contributed by atoms with Gasteiger partial charge >= 0.3 is 0 Å². The second-order valence-corrected chi connectivity index (χ2v) is 9.20. The van der Waals surface area contributed by atoms with E-state index in [1.165, 1.54) is 23.8 Å². The smallest absolute Gasteiger partial charge is 0.230 e. The highest BCUT2D eigenvalue weighted by molar-refractivity contribution is 5.93. The van der Waals surface area contributed by atoms with Crippen LogP contribution in [0.1, 0.15) is 31.2 Å². The van der Waals surface area contributed by atoms with Gasteiger partial charge in [-0.1, -0.05) is 43.2 Å². The zero-order valence-electron chi connectivity index (χ0n) is 17.0. The molecule has 6 rings (SSSR count). The van der Waals surface area contributed by atoms with E-state index in [1.807, 2.05) is 35.4 Å². The van der Waals surface area contributed by atoms with Crippen LogP contribution in [0.3, 0.4) is 0 Å². The van der Waals surface area contributed by atoms with Gasteiger partial charge in [0.15, 0.2) is 0 Å². The van der Waals surface area contributed by atoms with Gasteiger partial charge in [-0.25, -0.2) is 0 Å². The molecule has 1 saturated carbocycles. The van der Waals surface area contributed by atoms with Crippen molar-refractivity contribution in [2.45, 2.75) is 49.9 Å². The number of amides is 2. The summed E-state index contributed by atoms with van der Waals surface area (Å²) in [6, 6.07) is 8.50. The fourth-order valence-corrected chi connectivity index (χ4v) is 6.13. The van der Waals surface area contributed by atoms with Crippen LogP contribution in [0.5, 0.6) is 0 Å². The van der Waals surface area contributed by atoms with E-state index in [0.29, 0.717) is 19.1 Å². The second kappa shape index (κ2) is 6.71. The molecule has 2 bridgehead atoms. The van der Waals surface area contributed by atoms with Gasteiger partial charge in [0.2, 0.25) is 11.8 Å². The zero-order valence-corrected chi connectivity index (χ0v) is 17.0. The molecule has 2 N–H and O–H groups in total. The highest BCUT2D eigenvalue weighted by atomic mass is 16.5. The number of hydrogen-bond acceptors (Lipinski definition) is 3. The number of carbonyl (C=O) groups excluding carboxylic acids is 2. The fraction of sp³-hybridized carbons (Fsp3) is 0.500. The number of H-pyrrole nitrogens is 1. The number of aromatic amines is 1. The third-order valence-corrected chi connectivity index (χ3v) is 7.57. The molecule has 2 aromatic rings. The van der Waals surface area contributed by atoms with Crippen molar-refractivity contribution < 1.29 is 14.3 Å². The van der Waals surface area contributed by atoms with Gasteiger partial charge in [0.25, 0.3) is 0 Å². The highest BCUT2D eigenvalue weighted by Gasteiger charge is 2.67. The lowest BCUT2D eigenvalue weighted by molar-refractivity contribution is -0.138. The topological polar surface area (TPSA) is 74.4 Å². The lowest BCUT2D eigenvalue weighted by atomic mass is 9.77. The number of nitrogens with zero attached hydrogens (tertiary/aromatic N) is 1. The van der Waals surface area contributed by atoms with Gasteiger partial charge in [0.1, 0.15) is 5.60 Å². The van der Waals surface area contributed by atoms with Gasteiger partial charge in [-0.15, -0.1) is 0 Å². The maximum Gasteiger partial charge on any atom is 0.230 e. The number of carbonyl (C=O) groups is 2. The highest BCUT2D eigenvalue weighted by Crippen LogP contribution is 2.53. The number of hydrogen-bond donors (Lipinski definition) is 2. The average molecular weight is 405 g/mol. The van der Waals surface area contributed by atoms with Crippen molar-refractivity contribution in [1.82, 2.24) is 15.2 Å². The Morgan fingerprint density at radius 2 is 2.10 bits per heavy atom. The van der Waals surface area contributed by atoms with Gasteiger partial charge in [-0.2, -0.15) is 0 Å². The molecule has 4 aliphatic rings. The molecular weight excluding hydrogens is 378 g/mol. The van der Waals surface area contributed by atoms with Crippen LogP contribution in [0.4, 0.5) is 0 Å². The van der Waals surface area contributed by atoms with Gasteiger partial charge < -0.3 is 19.9 Å². The van der Waals surface area contributed by atoms with Crippen LogP contribution in [-0.4, -0.2) is 52.5 Å². The van der Waals surface area contributed by atoms with Crippen LogP contribution in [0, 0.1) is 11.8 Å². The van der Waals surface area contributed by atoms with E-state index < -0.39 is 11.5 Å². The van der Waals surface area contributed by atoms with Crippen molar-refractivity contribution in [3.63, 3.8) is 0 Å². The summed E-state index contributed by atoms with van der Waals surface area (Å²) >= 11 is 0. The number of benzene rings is 1. The van der Waals surface area contributed by atoms with Crippen LogP contribution < -0.4 is 5.32 Å². The molecule has 2 saturated heterocycles. The summed E-state index contributed by atoms with van der Waals surface area (Å²) in [5, 5.41) is 4.28. The Morgan fingerprint density at radius 1 is 1.27 bits per heavy atom. The summed E-state index contributed by atoms with van der Waals surface area (Å²) in [4.78, 5) is 31.7. The molecule has 2 amide bonds. The minimum atomic E-state index is -0.594. The van der Waals surface area contributed by atoms with Crippen molar-refractivity contribution in [2.24, 2.45) is 11.8 Å². The van der Waals surface area contributed by atoms with Gasteiger partial charge in [0, 0.05) is 29.7 Å². The van der Waals surface area contributed by atoms with Crippen LogP contribution in [0.25, 0.3) is 10.9 Å². The number of aromatic nitrogens is 1. The molecule has 4 heterocycles. The lowest BCUT2D eigenvalue weighted by Gasteiger charge is -2.27.